The van der Waals surface area contributed by atoms with E-state index >= 15 is 0 Å². The van der Waals surface area contributed by atoms with Gasteiger partial charge in [-0.2, -0.15) is 0 Å². The van der Waals surface area contributed by atoms with Gasteiger partial charge in [-0.25, -0.2) is 0 Å². The van der Waals surface area contributed by atoms with Gasteiger partial charge in [0.1, 0.15) is 0 Å². The zero-order valence-electron chi connectivity index (χ0n) is 15.8. The van der Waals surface area contributed by atoms with Crippen LogP contribution in [0, 0.1) is 0 Å². The molecule has 0 bridgehead atoms. The molecular weight excluding hydrogens is 354 g/mol. The van der Waals surface area contributed by atoms with Crippen LogP contribution in [0.4, 0.5) is 0 Å². The summed E-state index contributed by atoms with van der Waals surface area (Å²) in [5.74, 6) is 0. The maximum absolute atomic E-state index is 4.66. The summed E-state index contributed by atoms with van der Waals surface area (Å²) in [4.78, 5) is 12.7. The highest BCUT2D eigenvalue weighted by Gasteiger charge is 2.14. The summed E-state index contributed by atoms with van der Waals surface area (Å²) >= 11 is 0. The van der Waals surface area contributed by atoms with Crippen molar-refractivity contribution in [3.63, 3.8) is 0 Å². The van der Waals surface area contributed by atoms with Crippen molar-refractivity contribution in [2.45, 2.75) is 0 Å². The summed E-state index contributed by atoms with van der Waals surface area (Å²) < 4.78 is 0. The van der Waals surface area contributed by atoms with E-state index in [4.69, 9.17) is 0 Å². The first-order chi connectivity index (χ1) is 14.4. The van der Waals surface area contributed by atoms with Gasteiger partial charge in [0.2, 0.25) is 0 Å². The van der Waals surface area contributed by atoms with E-state index in [9.17, 15) is 0 Å². The third-order valence-corrected chi connectivity index (χ3v) is 4.97. The third-order valence-electron chi connectivity index (χ3n) is 4.97. The van der Waals surface area contributed by atoms with Crippen molar-refractivity contribution < 1.29 is 0 Å². The van der Waals surface area contributed by atoms with Crippen LogP contribution < -0.4 is 0 Å². The zero-order chi connectivity index (χ0) is 19.5. The van der Waals surface area contributed by atoms with Crippen molar-refractivity contribution in [3.05, 3.63) is 109 Å². The molecule has 0 atom stereocenters. The Morgan fingerprint density at radius 3 is 1.90 bits per heavy atom. The van der Waals surface area contributed by atoms with Crippen LogP contribution in [0.15, 0.2) is 109 Å². The van der Waals surface area contributed by atoms with E-state index in [0.717, 1.165) is 39.5 Å². The van der Waals surface area contributed by atoms with E-state index in [1.165, 1.54) is 5.56 Å². The molecule has 0 spiro atoms. The van der Waals surface area contributed by atoms with Crippen LogP contribution in [-0.4, -0.2) is 15.0 Å². The first kappa shape index (κ1) is 17.1. The second-order valence-corrected chi connectivity index (χ2v) is 6.85. The lowest BCUT2D eigenvalue weighted by atomic mass is 10.0. The monoisotopic (exact) mass is 373 g/mol. The fourth-order valence-corrected chi connectivity index (χ4v) is 3.51. The SMILES string of the molecule is c1ccc(-c2cc(-c3ccccc3)c(-c3ccc(-c4ccccn4)nc3)[nH]2)cc1. The highest BCUT2D eigenvalue weighted by molar-refractivity contribution is 5.86. The fourth-order valence-electron chi connectivity index (χ4n) is 3.51. The van der Waals surface area contributed by atoms with Crippen molar-refractivity contribution in [1.82, 2.24) is 15.0 Å². The average Bonchev–Trinajstić information content (AvgIpc) is 3.27. The van der Waals surface area contributed by atoms with Gasteiger partial charge in [0, 0.05) is 29.2 Å². The molecule has 0 aliphatic heterocycles. The summed E-state index contributed by atoms with van der Waals surface area (Å²) in [5, 5.41) is 0. The van der Waals surface area contributed by atoms with E-state index in [-0.39, 0.29) is 0 Å². The molecule has 0 saturated heterocycles. The number of H-pyrrole nitrogens is 1. The van der Waals surface area contributed by atoms with Crippen molar-refractivity contribution in [1.29, 1.82) is 0 Å². The molecule has 3 heterocycles. The number of benzene rings is 2. The Kier molecular flexibility index (Phi) is 4.47. The Morgan fingerprint density at radius 2 is 1.24 bits per heavy atom. The van der Waals surface area contributed by atoms with Crippen LogP contribution in [0.1, 0.15) is 0 Å². The highest BCUT2D eigenvalue weighted by Crippen LogP contribution is 2.36. The van der Waals surface area contributed by atoms with E-state index < -0.39 is 0 Å². The predicted octanol–water partition coefficient (Wildman–Crippen LogP) is 6.47. The van der Waals surface area contributed by atoms with Gasteiger partial charge >= 0.3 is 0 Å². The Bertz CT molecular complexity index is 1210. The summed E-state index contributed by atoms with van der Waals surface area (Å²) in [7, 11) is 0. The molecule has 1 N–H and O–H groups in total. The van der Waals surface area contributed by atoms with Crippen LogP contribution in [-0.2, 0) is 0 Å². The van der Waals surface area contributed by atoms with Crippen LogP contribution in [0.5, 0.6) is 0 Å². The summed E-state index contributed by atoms with van der Waals surface area (Å²) in [6.07, 6.45) is 3.70. The van der Waals surface area contributed by atoms with E-state index in [1.54, 1.807) is 6.20 Å². The fraction of sp³-hybridized carbons (Fsp3) is 0. The van der Waals surface area contributed by atoms with E-state index in [1.807, 2.05) is 42.6 Å². The number of nitrogens with one attached hydrogen (secondary N) is 1. The number of rotatable bonds is 4. The number of aromatic nitrogens is 3. The number of hydrogen-bond donors (Lipinski definition) is 1. The van der Waals surface area contributed by atoms with E-state index in [0.29, 0.717) is 0 Å². The molecule has 5 aromatic rings. The predicted molar refractivity (Wildman–Crippen MR) is 118 cm³/mol. The van der Waals surface area contributed by atoms with Gasteiger partial charge in [-0.3, -0.25) is 9.97 Å². The molecule has 29 heavy (non-hydrogen) atoms. The van der Waals surface area contributed by atoms with Crippen LogP contribution >= 0.6 is 0 Å². The lowest BCUT2D eigenvalue weighted by molar-refractivity contribution is 1.24. The quantitative estimate of drug-likeness (QED) is 0.392. The Balaban J connectivity index is 1.61. The Morgan fingerprint density at radius 1 is 0.552 bits per heavy atom. The summed E-state index contributed by atoms with van der Waals surface area (Å²) in [6.45, 7) is 0. The Hall–Kier alpha value is -3.98. The maximum atomic E-state index is 4.66. The molecule has 0 amide bonds. The third kappa shape index (κ3) is 3.46. The van der Waals surface area contributed by atoms with E-state index in [2.05, 4.69) is 75.6 Å². The molecule has 0 saturated carbocycles. The summed E-state index contributed by atoms with van der Waals surface area (Å²) in [5.41, 5.74) is 8.44. The average molecular weight is 373 g/mol. The normalized spacial score (nSPS) is 10.8. The molecule has 2 aromatic carbocycles. The van der Waals surface area contributed by atoms with Crippen molar-refractivity contribution in [2.24, 2.45) is 0 Å². The minimum Gasteiger partial charge on any atom is -0.354 e. The van der Waals surface area contributed by atoms with Gasteiger partial charge in [-0.05, 0) is 41.5 Å². The molecule has 3 nitrogen and oxygen atoms in total. The van der Waals surface area contributed by atoms with Gasteiger partial charge in [0.05, 0.1) is 17.1 Å². The molecule has 138 valence electrons. The summed E-state index contributed by atoms with van der Waals surface area (Å²) in [6, 6.07) is 33.0. The van der Waals surface area contributed by atoms with Gasteiger partial charge < -0.3 is 4.98 Å². The maximum Gasteiger partial charge on any atom is 0.0886 e. The molecule has 0 fully saturated rings. The largest absolute Gasteiger partial charge is 0.354 e. The minimum absolute atomic E-state index is 0.866. The highest BCUT2D eigenvalue weighted by atomic mass is 14.8. The lowest BCUT2D eigenvalue weighted by Crippen LogP contribution is -1.89. The Labute approximate surface area is 169 Å². The second-order valence-electron chi connectivity index (χ2n) is 6.85. The van der Waals surface area contributed by atoms with Crippen molar-refractivity contribution in [3.8, 4) is 45.0 Å². The molecular formula is C26H19N3. The topological polar surface area (TPSA) is 41.6 Å². The van der Waals surface area contributed by atoms with Crippen molar-refractivity contribution >= 4 is 0 Å². The number of nitrogens with zero attached hydrogens (tertiary/aromatic N) is 2. The van der Waals surface area contributed by atoms with Gasteiger partial charge in [-0.1, -0.05) is 66.7 Å². The van der Waals surface area contributed by atoms with Gasteiger partial charge in [0.25, 0.3) is 0 Å². The van der Waals surface area contributed by atoms with Crippen molar-refractivity contribution in [2.75, 3.05) is 0 Å². The first-order valence-electron chi connectivity index (χ1n) is 9.60. The van der Waals surface area contributed by atoms with Crippen LogP contribution in [0.3, 0.4) is 0 Å². The first-order valence-corrected chi connectivity index (χ1v) is 9.60. The number of hydrogen-bond acceptors (Lipinski definition) is 2. The minimum atomic E-state index is 0.866. The molecule has 3 aromatic heterocycles. The number of aromatic amines is 1. The molecule has 0 radical (unpaired) electrons. The number of pyridine rings is 2. The lowest BCUT2D eigenvalue weighted by Gasteiger charge is -2.06. The zero-order valence-corrected chi connectivity index (χ0v) is 15.8. The second kappa shape index (κ2) is 7.56. The van der Waals surface area contributed by atoms with Gasteiger partial charge in [0.15, 0.2) is 0 Å². The standard InChI is InChI=1S/C26H19N3/c1-3-9-19(10-4-1)22-17-25(20-11-5-2-6-12-20)29-26(22)21-14-15-24(28-18-21)23-13-7-8-16-27-23/h1-18,29H. The molecule has 5 rings (SSSR count). The molecule has 0 unspecified atom stereocenters. The molecule has 3 heteroatoms. The van der Waals surface area contributed by atoms with Crippen LogP contribution in [0.25, 0.3) is 45.0 Å². The van der Waals surface area contributed by atoms with Gasteiger partial charge in [-0.15, -0.1) is 0 Å². The molecule has 0 aliphatic rings. The molecule has 0 aliphatic carbocycles. The smallest absolute Gasteiger partial charge is 0.0886 e. The van der Waals surface area contributed by atoms with Crippen LogP contribution in [0.2, 0.25) is 0 Å².